The molecule has 1 aromatic rings. The summed E-state index contributed by atoms with van der Waals surface area (Å²) >= 11 is 5.73. The monoisotopic (exact) mass is 353 g/mol. The number of amides is 1. The molecule has 0 N–H and O–H groups in total. The number of piperidine rings is 1. The molecule has 24 heavy (non-hydrogen) atoms. The van der Waals surface area contributed by atoms with Crippen LogP contribution in [-0.4, -0.2) is 67.4 Å². The van der Waals surface area contributed by atoms with Crippen LogP contribution in [0.2, 0.25) is 5.02 Å². The molecule has 132 valence electrons. The summed E-state index contributed by atoms with van der Waals surface area (Å²) in [7, 11) is 4.05. The first-order valence-electron chi connectivity index (χ1n) is 8.50. The largest absolute Gasteiger partial charge is 0.340 e. The van der Waals surface area contributed by atoms with Crippen molar-refractivity contribution in [2.24, 2.45) is 5.41 Å². The van der Waals surface area contributed by atoms with Crippen LogP contribution in [0.4, 0.5) is 4.39 Å². The number of β-lactam (4-membered cyclic amide) rings is 1. The number of carbonyl (C=O) groups excluding carboxylic acids is 1. The van der Waals surface area contributed by atoms with Crippen LogP contribution in [0.25, 0.3) is 0 Å². The second kappa shape index (κ2) is 6.98. The fourth-order valence-electron chi connectivity index (χ4n) is 3.66. The topological polar surface area (TPSA) is 26.8 Å². The second-order valence-electron chi connectivity index (χ2n) is 7.33. The molecule has 2 heterocycles. The lowest BCUT2D eigenvalue weighted by Gasteiger charge is -2.52. The minimum absolute atomic E-state index is 0.131. The van der Waals surface area contributed by atoms with E-state index in [-0.39, 0.29) is 16.3 Å². The Bertz CT molecular complexity index is 614. The summed E-state index contributed by atoms with van der Waals surface area (Å²) in [5, 5.41) is 0.161. The number of hydrogen-bond donors (Lipinski definition) is 0. The average molecular weight is 354 g/mol. The Morgan fingerprint density at radius 1 is 1.29 bits per heavy atom. The lowest BCUT2D eigenvalue weighted by Crippen LogP contribution is -2.65. The van der Waals surface area contributed by atoms with E-state index < -0.39 is 0 Å². The highest BCUT2D eigenvalue weighted by Gasteiger charge is 2.52. The van der Waals surface area contributed by atoms with Crippen LogP contribution in [0, 0.1) is 11.2 Å². The predicted octanol–water partition coefficient (Wildman–Crippen LogP) is 2.47. The summed E-state index contributed by atoms with van der Waals surface area (Å²) in [6.45, 7) is 5.11. The van der Waals surface area contributed by atoms with Gasteiger partial charge in [0.2, 0.25) is 5.91 Å². The molecule has 6 heteroatoms. The first-order valence-corrected chi connectivity index (χ1v) is 8.88. The van der Waals surface area contributed by atoms with E-state index in [0.717, 1.165) is 51.1 Å². The second-order valence-corrected chi connectivity index (χ2v) is 7.74. The number of hydrogen-bond acceptors (Lipinski definition) is 3. The van der Waals surface area contributed by atoms with Gasteiger partial charge >= 0.3 is 0 Å². The van der Waals surface area contributed by atoms with Crippen molar-refractivity contribution in [3.05, 3.63) is 34.6 Å². The van der Waals surface area contributed by atoms with E-state index in [1.165, 1.54) is 6.07 Å². The van der Waals surface area contributed by atoms with Crippen molar-refractivity contribution in [3.63, 3.8) is 0 Å². The molecule has 0 atom stereocenters. The average Bonchev–Trinajstić information content (AvgIpc) is 2.56. The molecule has 1 spiro atoms. The van der Waals surface area contributed by atoms with Crippen LogP contribution in [0.3, 0.4) is 0 Å². The highest BCUT2D eigenvalue weighted by atomic mass is 35.5. The Labute approximate surface area is 148 Å². The lowest BCUT2D eigenvalue weighted by atomic mass is 9.71. The van der Waals surface area contributed by atoms with Gasteiger partial charge in [0.05, 0.1) is 10.4 Å². The summed E-state index contributed by atoms with van der Waals surface area (Å²) in [5.41, 5.74) is 0.800. The SMILES string of the molecule is CN(C)CCN1CC2(CCN(Cc3ccc(Cl)c(F)c3)CC2)C1=O. The van der Waals surface area contributed by atoms with Gasteiger partial charge in [0.15, 0.2) is 0 Å². The van der Waals surface area contributed by atoms with Crippen molar-refractivity contribution < 1.29 is 9.18 Å². The maximum atomic E-state index is 13.5. The normalized spacial score (nSPS) is 20.7. The van der Waals surface area contributed by atoms with Gasteiger partial charge in [-0.1, -0.05) is 17.7 Å². The Morgan fingerprint density at radius 2 is 2.00 bits per heavy atom. The molecule has 2 saturated heterocycles. The van der Waals surface area contributed by atoms with Crippen LogP contribution in [0.15, 0.2) is 18.2 Å². The molecule has 0 aromatic heterocycles. The van der Waals surface area contributed by atoms with Gasteiger partial charge in [0.25, 0.3) is 0 Å². The highest BCUT2D eigenvalue weighted by Crippen LogP contribution is 2.41. The zero-order valence-electron chi connectivity index (χ0n) is 14.4. The molecule has 3 rings (SSSR count). The Kier molecular flexibility index (Phi) is 5.13. The molecule has 0 bridgehead atoms. The first-order chi connectivity index (χ1) is 11.4. The van der Waals surface area contributed by atoms with Crippen LogP contribution < -0.4 is 0 Å². The third kappa shape index (κ3) is 3.58. The quantitative estimate of drug-likeness (QED) is 0.761. The van der Waals surface area contributed by atoms with Crippen LogP contribution in [0.5, 0.6) is 0 Å². The smallest absolute Gasteiger partial charge is 0.230 e. The number of carbonyl (C=O) groups is 1. The van der Waals surface area contributed by atoms with Crippen molar-refractivity contribution in [1.29, 1.82) is 0 Å². The molecule has 4 nitrogen and oxygen atoms in total. The lowest BCUT2D eigenvalue weighted by molar-refractivity contribution is -0.165. The number of halogens is 2. The third-order valence-corrected chi connectivity index (χ3v) is 5.56. The van der Waals surface area contributed by atoms with E-state index in [9.17, 15) is 9.18 Å². The van der Waals surface area contributed by atoms with Crippen molar-refractivity contribution in [2.75, 3.05) is 46.8 Å². The van der Waals surface area contributed by atoms with E-state index in [2.05, 4.69) is 9.80 Å². The summed E-state index contributed by atoms with van der Waals surface area (Å²) < 4.78 is 13.5. The Morgan fingerprint density at radius 3 is 2.58 bits per heavy atom. The van der Waals surface area contributed by atoms with Crippen molar-refractivity contribution in [1.82, 2.24) is 14.7 Å². The van der Waals surface area contributed by atoms with Gasteiger partial charge < -0.3 is 9.80 Å². The Hall–Kier alpha value is -1.17. The van der Waals surface area contributed by atoms with Crippen LogP contribution >= 0.6 is 11.6 Å². The number of rotatable bonds is 5. The fourth-order valence-corrected chi connectivity index (χ4v) is 3.78. The molecule has 1 aromatic carbocycles. The highest BCUT2D eigenvalue weighted by molar-refractivity contribution is 6.30. The molecule has 0 radical (unpaired) electrons. The van der Waals surface area contributed by atoms with Crippen LogP contribution in [0.1, 0.15) is 18.4 Å². The summed E-state index contributed by atoms with van der Waals surface area (Å²) in [6.07, 6.45) is 1.81. The molecule has 2 fully saturated rings. The standard InChI is InChI=1S/C18H25ClFN3O/c1-21(2)9-10-23-13-18(17(23)24)5-7-22(8-6-18)12-14-3-4-15(19)16(20)11-14/h3-4,11H,5-10,12-13H2,1-2H3. The molecule has 0 unspecified atom stereocenters. The molecular formula is C18H25ClFN3O. The fraction of sp³-hybridized carbons (Fsp3) is 0.611. The van der Waals surface area contributed by atoms with Crippen molar-refractivity contribution in [2.45, 2.75) is 19.4 Å². The molecule has 2 aliphatic rings. The minimum Gasteiger partial charge on any atom is -0.340 e. The van der Waals surface area contributed by atoms with Crippen LogP contribution in [-0.2, 0) is 11.3 Å². The number of benzene rings is 1. The van der Waals surface area contributed by atoms with E-state index in [4.69, 9.17) is 11.6 Å². The first kappa shape index (κ1) is 17.6. The Balaban J connectivity index is 1.49. The zero-order chi connectivity index (χ0) is 17.3. The zero-order valence-corrected chi connectivity index (χ0v) is 15.2. The molecule has 0 aliphatic carbocycles. The van der Waals surface area contributed by atoms with Gasteiger partial charge in [-0.15, -0.1) is 0 Å². The van der Waals surface area contributed by atoms with Gasteiger partial charge in [-0.05, 0) is 57.7 Å². The number of likely N-dealkylation sites (tertiary alicyclic amines) is 2. The number of likely N-dealkylation sites (N-methyl/N-ethyl adjacent to an activating group) is 1. The van der Waals surface area contributed by atoms with E-state index >= 15 is 0 Å². The van der Waals surface area contributed by atoms with E-state index in [0.29, 0.717) is 12.5 Å². The van der Waals surface area contributed by atoms with E-state index in [1.807, 2.05) is 25.1 Å². The maximum Gasteiger partial charge on any atom is 0.230 e. The summed E-state index contributed by atoms with van der Waals surface area (Å²) in [6, 6.07) is 4.98. The number of nitrogens with zero attached hydrogens (tertiary/aromatic N) is 3. The van der Waals surface area contributed by atoms with Gasteiger partial charge in [-0.2, -0.15) is 0 Å². The van der Waals surface area contributed by atoms with Gasteiger partial charge in [0, 0.05) is 26.2 Å². The maximum absolute atomic E-state index is 13.5. The van der Waals surface area contributed by atoms with Gasteiger partial charge in [0.1, 0.15) is 5.82 Å². The summed E-state index contributed by atoms with van der Waals surface area (Å²) in [4.78, 5) is 18.9. The molecule has 1 amide bonds. The summed E-state index contributed by atoms with van der Waals surface area (Å²) in [5.74, 6) is -0.0464. The van der Waals surface area contributed by atoms with Crippen molar-refractivity contribution in [3.8, 4) is 0 Å². The van der Waals surface area contributed by atoms with Gasteiger partial charge in [-0.3, -0.25) is 9.69 Å². The van der Waals surface area contributed by atoms with Gasteiger partial charge in [-0.25, -0.2) is 4.39 Å². The van der Waals surface area contributed by atoms with Crippen molar-refractivity contribution >= 4 is 17.5 Å². The third-order valence-electron chi connectivity index (χ3n) is 5.25. The molecule has 0 saturated carbocycles. The van der Waals surface area contributed by atoms with E-state index in [1.54, 1.807) is 6.07 Å². The molecular weight excluding hydrogens is 329 g/mol. The molecule has 2 aliphatic heterocycles. The predicted molar refractivity (Wildman–Crippen MR) is 93.5 cm³/mol. The minimum atomic E-state index is -0.367.